The molecule has 0 atom stereocenters. The third kappa shape index (κ3) is 3.91. The van der Waals surface area contributed by atoms with E-state index in [9.17, 15) is 4.79 Å². The number of rotatable bonds is 3. The Morgan fingerprint density at radius 3 is 2.63 bits per heavy atom. The second-order valence-corrected chi connectivity index (χ2v) is 5.09. The van der Waals surface area contributed by atoms with Crippen LogP contribution in [0.3, 0.4) is 0 Å². The quantitative estimate of drug-likeness (QED) is 0.879. The molecule has 1 aromatic rings. The van der Waals surface area contributed by atoms with E-state index in [0.29, 0.717) is 11.9 Å². The molecular weight excluding hydrogens is 266 g/mol. The van der Waals surface area contributed by atoms with E-state index in [1.165, 1.54) is 0 Å². The predicted octanol–water partition coefficient (Wildman–Crippen LogP) is 1.30. The Bertz CT molecular complexity index is 426. The maximum atomic E-state index is 11.6. The smallest absolute Gasteiger partial charge is 0.229 e. The summed E-state index contributed by atoms with van der Waals surface area (Å²) >= 11 is 0. The molecule has 0 saturated carbocycles. The van der Waals surface area contributed by atoms with Crippen molar-refractivity contribution in [3.8, 4) is 0 Å². The van der Waals surface area contributed by atoms with Gasteiger partial charge in [0.15, 0.2) is 5.82 Å². The fourth-order valence-corrected chi connectivity index (χ4v) is 2.02. The maximum Gasteiger partial charge on any atom is 0.229 e. The van der Waals surface area contributed by atoms with Gasteiger partial charge in [-0.1, -0.05) is 13.8 Å². The summed E-state index contributed by atoms with van der Waals surface area (Å²) in [7, 11) is 1.81. The zero-order chi connectivity index (χ0) is 13.1. The molecule has 19 heavy (non-hydrogen) atoms. The second-order valence-electron chi connectivity index (χ2n) is 5.09. The molecule has 0 radical (unpaired) electrons. The van der Waals surface area contributed by atoms with Gasteiger partial charge in [0.2, 0.25) is 11.9 Å². The van der Waals surface area contributed by atoms with Gasteiger partial charge >= 0.3 is 0 Å². The van der Waals surface area contributed by atoms with Crippen LogP contribution < -0.4 is 10.6 Å². The first-order valence-electron chi connectivity index (χ1n) is 6.50. The summed E-state index contributed by atoms with van der Waals surface area (Å²) in [6, 6.07) is 0. The monoisotopic (exact) mass is 287 g/mol. The molecule has 2 heterocycles. The van der Waals surface area contributed by atoms with Crippen LogP contribution in [-0.4, -0.2) is 33.8 Å². The lowest BCUT2D eigenvalue weighted by molar-refractivity contribution is -0.118. The first-order chi connectivity index (χ1) is 8.58. The molecule has 6 nitrogen and oxygen atoms in total. The summed E-state index contributed by atoms with van der Waals surface area (Å²) in [4.78, 5) is 16.1. The Morgan fingerprint density at radius 2 is 2.05 bits per heavy atom. The fourth-order valence-electron chi connectivity index (χ4n) is 2.02. The Morgan fingerprint density at radius 1 is 1.42 bits per heavy atom. The molecule has 2 N–H and O–H groups in total. The molecule has 2 rings (SSSR count). The minimum absolute atomic E-state index is 0. The highest BCUT2D eigenvalue weighted by Crippen LogP contribution is 2.23. The van der Waals surface area contributed by atoms with Crippen molar-refractivity contribution in [2.75, 3.05) is 18.4 Å². The van der Waals surface area contributed by atoms with Crippen molar-refractivity contribution < 1.29 is 4.79 Å². The number of amides is 1. The van der Waals surface area contributed by atoms with E-state index in [0.717, 1.165) is 31.8 Å². The average molecular weight is 288 g/mol. The summed E-state index contributed by atoms with van der Waals surface area (Å²) in [5, 5.41) is 10.5. The number of aryl methyl sites for hydroxylation is 1. The predicted molar refractivity (Wildman–Crippen MR) is 76.6 cm³/mol. The average Bonchev–Trinajstić information content (AvgIpc) is 2.72. The van der Waals surface area contributed by atoms with Gasteiger partial charge in [0.05, 0.1) is 0 Å². The summed E-state index contributed by atoms with van der Waals surface area (Å²) in [6.45, 7) is 5.74. The van der Waals surface area contributed by atoms with E-state index in [1.54, 1.807) is 4.68 Å². The van der Waals surface area contributed by atoms with E-state index < -0.39 is 0 Å². The summed E-state index contributed by atoms with van der Waals surface area (Å²) in [6.07, 6.45) is 2.11. The van der Waals surface area contributed by atoms with E-state index in [-0.39, 0.29) is 24.2 Å². The van der Waals surface area contributed by atoms with Crippen molar-refractivity contribution in [2.45, 2.75) is 32.6 Å². The van der Waals surface area contributed by atoms with Crippen molar-refractivity contribution in [3.63, 3.8) is 0 Å². The lowest BCUT2D eigenvalue weighted by Gasteiger charge is -2.19. The van der Waals surface area contributed by atoms with Crippen LogP contribution in [0.15, 0.2) is 0 Å². The molecule has 1 aliphatic heterocycles. The molecule has 1 aliphatic rings. The van der Waals surface area contributed by atoms with Crippen LogP contribution in [0, 0.1) is 5.92 Å². The summed E-state index contributed by atoms with van der Waals surface area (Å²) in [5.74, 6) is 1.72. The molecule has 1 fully saturated rings. The normalized spacial score (nSPS) is 16.2. The van der Waals surface area contributed by atoms with Crippen LogP contribution in [0.4, 0.5) is 5.95 Å². The van der Waals surface area contributed by atoms with Crippen LogP contribution >= 0.6 is 12.4 Å². The van der Waals surface area contributed by atoms with Gasteiger partial charge in [0.1, 0.15) is 0 Å². The number of piperidine rings is 1. The Kier molecular flexibility index (Phi) is 5.75. The standard InChI is InChI=1S/C12H21N5O.ClH/c1-8(2)11(18)15-12-14-10(16-17(12)3)9-4-6-13-7-5-9;/h8-9,13H,4-7H2,1-3H3,(H,14,15,16,18);1H. The van der Waals surface area contributed by atoms with Crippen molar-refractivity contribution in [2.24, 2.45) is 13.0 Å². The fraction of sp³-hybridized carbons (Fsp3) is 0.750. The molecule has 1 saturated heterocycles. The number of halogens is 1. The molecular formula is C12H22ClN5O. The molecule has 0 aliphatic carbocycles. The third-order valence-electron chi connectivity index (χ3n) is 3.24. The number of hydrogen-bond donors (Lipinski definition) is 2. The van der Waals surface area contributed by atoms with Gasteiger partial charge in [-0.05, 0) is 25.9 Å². The molecule has 1 amide bonds. The van der Waals surface area contributed by atoms with E-state index >= 15 is 0 Å². The largest absolute Gasteiger partial charge is 0.317 e. The Balaban J connectivity index is 0.00000180. The van der Waals surface area contributed by atoms with Crippen LogP contribution in [0.5, 0.6) is 0 Å². The minimum atomic E-state index is -0.0518. The van der Waals surface area contributed by atoms with Crippen molar-refractivity contribution in [1.82, 2.24) is 20.1 Å². The highest BCUT2D eigenvalue weighted by molar-refractivity contribution is 5.90. The second kappa shape index (κ2) is 6.86. The molecule has 0 unspecified atom stereocenters. The molecule has 1 aromatic heterocycles. The third-order valence-corrected chi connectivity index (χ3v) is 3.24. The number of anilines is 1. The molecule has 108 valence electrons. The van der Waals surface area contributed by atoms with E-state index in [1.807, 2.05) is 20.9 Å². The molecule has 0 spiro atoms. The maximum absolute atomic E-state index is 11.6. The van der Waals surface area contributed by atoms with E-state index in [2.05, 4.69) is 20.7 Å². The number of carbonyl (C=O) groups is 1. The number of nitrogens with zero attached hydrogens (tertiary/aromatic N) is 3. The van der Waals surface area contributed by atoms with Crippen LogP contribution in [0.2, 0.25) is 0 Å². The number of hydrogen-bond acceptors (Lipinski definition) is 4. The summed E-state index contributed by atoms with van der Waals surface area (Å²) in [5.41, 5.74) is 0. The zero-order valence-electron chi connectivity index (χ0n) is 11.6. The van der Waals surface area contributed by atoms with E-state index in [4.69, 9.17) is 0 Å². The summed E-state index contributed by atoms with van der Waals surface area (Å²) < 4.78 is 1.65. The first-order valence-corrected chi connectivity index (χ1v) is 6.50. The number of carbonyl (C=O) groups excluding carboxylic acids is 1. The van der Waals surface area contributed by atoms with Gasteiger partial charge in [-0.3, -0.25) is 10.1 Å². The van der Waals surface area contributed by atoms with Gasteiger partial charge in [0.25, 0.3) is 0 Å². The van der Waals surface area contributed by atoms with Crippen molar-refractivity contribution >= 4 is 24.3 Å². The Labute approximate surface area is 119 Å². The lowest BCUT2D eigenvalue weighted by atomic mass is 9.98. The molecule has 0 aromatic carbocycles. The number of aromatic nitrogens is 3. The van der Waals surface area contributed by atoms with Crippen LogP contribution in [-0.2, 0) is 11.8 Å². The highest BCUT2D eigenvalue weighted by Gasteiger charge is 2.21. The van der Waals surface area contributed by atoms with Crippen LogP contribution in [0.1, 0.15) is 38.4 Å². The van der Waals surface area contributed by atoms with Gasteiger partial charge in [0, 0.05) is 18.9 Å². The first kappa shape index (κ1) is 15.9. The molecule has 0 bridgehead atoms. The van der Waals surface area contributed by atoms with Crippen molar-refractivity contribution in [1.29, 1.82) is 0 Å². The lowest BCUT2D eigenvalue weighted by Crippen LogP contribution is -2.27. The molecule has 7 heteroatoms. The van der Waals surface area contributed by atoms with Crippen LogP contribution in [0.25, 0.3) is 0 Å². The topological polar surface area (TPSA) is 71.8 Å². The van der Waals surface area contributed by atoms with Crippen molar-refractivity contribution in [3.05, 3.63) is 5.82 Å². The van der Waals surface area contributed by atoms with Gasteiger partial charge in [-0.15, -0.1) is 12.4 Å². The SMILES string of the molecule is CC(C)C(=O)Nc1nc(C2CCNCC2)nn1C.Cl. The zero-order valence-corrected chi connectivity index (χ0v) is 12.5. The highest BCUT2D eigenvalue weighted by atomic mass is 35.5. The Hall–Kier alpha value is -1.14. The van der Waals surface area contributed by atoms with Gasteiger partial charge < -0.3 is 5.32 Å². The van der Waals surface area contributed by atoms with Gasteiger partial charge in [-0.2, -0.15) is 10.1 Å². The minimum Gasteiger partial charge on any atom is -0.317 e. The van der Waals surface area contributed by atoms with Gasteiger partial charge in [-0.25, -0.2) is 4.68 Å². The number of nitrogens with one attached hydrogen (secondary N) is 2.